The Kier molecular flexibility index (Phi) is 5.55. The van der Waals surface area contributed by atoms with Gasteiger partial charge in [0.25, 0.3) is 0 Å². The van der Waals surface area contributed by atoms with Gasteiger partial charge in [-0.3, -0.25) is 0 Å². The topological polar surface area (TPSA) is 71.5 Å². The molecular weight excluding hydrogens is 290 g/mol. The van der Waals surface area contributed by atoms with Gasteiger partial charge in [-0.25, -0.2) is 13.4 Å². The molecule has 1 aromatic rings. The summed E-state index contributed by atoms with van der Waals surface area (Å²) in [7, 11) is -1.80. The fraction of sp³-hybridized carbons (Fsp3) is 0.643. The summed E-state index contributed by atoms with van der Waals surface area (Å²) >= 11 is 0. The minimum Gasteiger partial charge on any atom is -0.384 e. The van der Waals surface area contributed by atoms with Crippen molar-refractivity contribution in [3.63, 3.8) is 0 Å². The molecule has 0 atom stereocenters. The van der Waals surface area contributed by atoms with Crippen LogP contribution in [0, 0.1) is 5.92 Å². The number of pyridine rings is 1. The van der Waals surface area contributed by atoms with E-state index >= 15 is 0 Å². The van der Waals surface area contributed by atoms with Crippen molar-refractivity contribution in [1.82, 2.24) is 9.29 Å². The predicted octanol–water partition coefficient (Wildman–Crippen LogP) is 1.56. The van der Waals surface area contributed by atoms with E-state index in [4.69, 9.17) is 4.74 Å². The molecule has 2 heterocycles. The summed E-state index contributed by atoms with van der Waals surface area (Å²) in [5.74, 6) is 0.877. The van der Waals surface area contributed by atoms with Gasteiger partial charge in [0.15, 0.2) is 0 Å². The Labute approximate surface area is 126 Å². The molecule has 1 saturated heterocycles. The van der Waals surface area contributed by atoms with Crippen LogP contribution in [-0.4, -0.2) is 51.1 Å². The molecule has 1 fully saturated rings. The highest BCUT2D eigenvalue weighted by Crippen LogP contribution is 2.27. The van der Waals surface area contributed by atoms with Crippen molar-refractivity contribution < 1.29 is 13.2 Å². The summed E-state index contributed by atoms with van der Waals surface area (Å²) in [6, 6.07) is 3.27. The molecule has 1 aliphatic heterocycles. The number of aromatic nitrogens is 1. The van der Waals surface area contributed by atoms with Crippen LogP contribution in [0.15, 0.2) is 23.2 Å². The molecule has 0 saturated carbocycles. The van der Waals surface area contributed by atoms with E-state index < -0.39 is 10.0 Å². The van der Waals surface area contributed by atoms with Gasteiger partial charge in [0.1, 0.15) is 10.7 Å². The number of methoxy groups -OCH3 is 1. The highest BCUT2D eigenvalue weighted by molar-refractivity contribution is 7.89. The van der Waals surface area contributed by atoms with E-state index in [9.17, 15) is 8.42 Å². The Morgan fingerprint density at radius 3 is 2.76 bits per heavy atom. The number of anilines is 1. The molecule has 0 spiro atoms. The van der Waals surface area contributed by atoms with Crippen LogP contribution in [0.1, 0.15) is 19.8 Å². The van der Waals surface area contributed by atoms with Crippen molar-refractivity contribution >= 4 is 15.8 Å². The summed E-state index contributed by atoms with van der Waals surface area (Å²) in [6.07, 6.45) is 3.27. The zero-order chi connectivity index (χ0) is 15.3. The first kappa shape index (κ1) is 16.2. The molecule has 7 heteroatoms. The highest BCUT2D eigenvalue weighted by Gasteiger charge is 2.31. The van der Waals surface area contributed by atoms with Crippen LogP contribution >= 0.6 is 0 Å². The van der Waals surface area contributed by atoms with E-state index in [1.54, 1.807) is 29.7 Å². The zero-order valence-electron chi connectivity index (χ0n) is 12.6. The third kappa shape index (κ3) is 3.72. The quantitative estimate of drug-likeness (QED) is 0.863. The van der Waals surface area contributed by atoms with Crippen molar-refractivity contribution in [2.24, 2.45) is 5.92 Å². The Balaban J connectivity index is 2.16. The molecule has 1 N–H and O–H groups in total. The van der Waals surface area contributed by atoms with Gasteiger partial charge in [0.05, 0.1) is 0 Å². The van der Waals surface area contributed by atoms with E-state index in [0.717, 1.165) is 12.8 Å². The van der Waals surface area contributed by atoms with Gasteiger partial charge in [-0.05, 0) is 37.8 Å². The molecule has 0 amide bonds. The summed E-state index contributed by atoms with van der Waals surface area (Å²) in [5, 5.41) is 3.01. The zero-order valence-corrected chi connectivity index (χ0v) is 13.4. The van der Waals surface area contributed by atoms with Crippen LogP contribution in [0.5, 0.6) is 0 Å². The van der Waals surface area contributed by atoms with Crippen molar-refractivity contribution in [2.45, 2.75) is 24.7 Å². The lowest BCUT2D eigenvalue weighted by Gasteiger charge is -2.31. The first-order chi connectivity index (χ1) is 10.1. The van der Waals surface area contributed by atoms with E-state index in [0.29, 0.717) is 38.0 Å². The fourth-order valence-electron chi connectivity index (χ4n) is 2.59. The van der Waals surface area contributed by atoms with Crippen molar-refractivity contribution in [3.8, 4) is 0 Å². The molecule has 1 aromatic heterocycles. The third-order valence-corrected chi connectivity index (χ3v) is 5.64. The summed E-state index contributed by atoms with van der Waals surface area (Å²) in [4.78, 5) is 4.40. The highest BCUT2D eigenvalue weighted by atomic mass is 32.2. The van der Waals surface area contributed by atoms with Crippen LogP contribution in [0.25, 0.3) is 0 Å². The summed E-state index contributed by atoms with van der Waals surface area (Å²) in [5.41, 5.74) is 0. The SMILES string of the molecule is CCNc1ncccc1S(=O)(=O)N1CCC(COC)CC1. The largest absolute Gasteiger partial charge is 0.384 e. The van der Waals surface area contributed by atoms with Gasteiger partial charge in [-0.1, -0.05) is 0 Å². The molecular formula is C14H23N3O3S. The maximum Gasteiger partial charge on any atom is 0.246 e. The minimum absolute atomic E-state index is 0.261. The Hall–Kier alpha value is -1.18. The molecule has 0 unspecified atom stereocenters. The minimum atomic E-state index is -3.49. The van der Waals surface area contributed by atoms with E-state index in [1.165, 1.54) is 0 Å². The normalized spacial score (nSPS) is 17.8. The smallest absolute Gasteiger partial charge is 0.246 e. The standard InChI is InChI=1S/C14H23N3O3S/c1-3-15-14-13(5-4-8-16-14)21(18,19)17-9-6-12(7-10-17)11-20-2/h4-5,8,12H,3,6-7,9-11H2,1-2H3,(H,15,16). The number of nitrogens with one attached hydrogen (secondary N) is 1. The Morgan fingerprint density at radius 2 is 2.14 bits per heavy atom. The van der Waals surface area contributed by atoms with Crippen LogP contribution in [0.3, 0.4) is 0 Å². The molecule has 0 aliphatic carbocycles. The lowest BCUT2D eigenvalue weighted by molar-refractivity contribution is 0.121. The van der Waals surface area contributed by atoms with Crippen LogP contribution in [-0.2, 0) is 14.8 Å². The van der Waals surface area contributed by atoms with Crippen LogP contribution in [0.2, 0.25) is 0 Å². The maximum absolute atomic E-state index is 12.8. The number of nitrogens with zero attached hydrogens (tertiary/aromatic N) is 2. The van der Waals surface area contributed by atoms with Gasteiger partial charge >= 0.3 is 0 Å². The molecule has 21 heavy (non-hydrogen) atoms. The average Bonchev–Trinajstić information content (AvgIpc) is 2.49. The first-order valence-corrected chi connectivity index (χ1v) is 8.71. The molecule has 2 rings (SSSR count). The number of ether oxygens (including phenoxy) is 1. The van der Waals surface area contributed by atoms with Gasteiger partial charge in [0, 0.05) is 39.5 Å². The van der Waals surface area contributed by atoms with Gasteiger partial charge in [0.2, 0.25) is 10.0 Å². The average molecular weight is 313 g/mol. The van der Waals surface area contributed by atoms with Gasteiger partial charge in [-0.2, -0.15) is 4.31 Å². The number of rotatable bonds is 6. The molecule has 6 nitrogen and oxygen atoms in total. The lowest BCUT2D eigenvalue weighted by atomic mass is 9.99. The third-order valence-electron chi connectivity index (χ3n) is 3.71. The summed E-state index contributed by atoms with van der Waals surface area (Å²) in [6.45, 7) is 4.33. The number of hydrogen-bond donors (Lipinski definition) is 1. The lowest BCUT2D eigenvalue weighted by Crippen LogP contribution is -2.39. The number of hydrogen-bond acceptors (Lipinski definition) is 5. The summed E-state index contributed by atoms with van der Waals surface area (Å²) < 4.78 is 32.2. The van der Waals surface area contributed by atoms with Gasteiger partial charge in [-0.15, -0.1) is 0 Å². The second-order valence-electron chi connectivity index (χ2n) is 5.18. The number of sulfonamides is 1. The maximum atomic E-state index is 12.8. The molecule has 1 aliphatic rings. The van der Waals surface area contributed by atoms with E-state index in [2.05, 4.69) is 10.3 Å². The van der Waals surface area contributed by atoms with Gasteiger partial charge < -0.3 is 10.1 Å². The molecule has 0 bridgehead atoms. The Bertz CT molecular complexity index is 554. The van der Waals surface area contributed by atoms with E-state index in [1.807, 2.05) is 6.92 Å². The fourth-order valence-corrected chi connectivity index (χ4v) is 4.18. The second kappa shape index (κ2) is 7.20. The van der Waals surface area contributed by atoms with Crippen LogP contribution < -0.4 is 5.32 Å². The van der Waals surface area contributed by atoms with Crippen molar-refractivity contribution in [3.05, 3.63) is 18.3 Å². The number of piperidine rings is 1. The first-order valence-electron chi connectivity index (χ1n) is 7.27. The van der Waals surface area contributed by atoms with E-state index in [-0.39, 0.29) is 4.90 Å². The predicted molar refractivity (Wildman–Crippen MR) is 81.8 cm³/mol. The molecule has 118 valence electrons. The van der Waals surface area contributed by atoms with Crippen molar-refractivity contribution in [1.29, 1.82) is 0 Å². The van der Waals surface area contributed by atoms with Crippen molar-refractivity contribution in [2.75, 3.05) is 38.7 Å². The Morgan fingerprint density at radius 1 is 1.43 bits per heavy atom. The molecule has 0 aromatic carbocycles. The monoisotopic (exact) mass is 313 g/mol. The van der Waals surface area contributed by atoms with Crippen LogP contribution in [0.4, 0.5) is 5.82 Å². The molecule has 0 radical (unpaired) electrons. The second-order valence-corrected chi connectivity index (χ2v) is 7.09.